The summed E-state index contributed by atoms with van der Waals surface area (Å²) in [6, 6.07) is 2.72. The Morgan fingerprint density at radius 3 is 2.31 bits per heavy atom. The second-order valence-electron chi connectivity index (χ2n) is 10.2. The van der Waals surface area contributed by atoms with Gasteiger partial charge in [0.25, 0.3) is 0 Å². The van der Waals surface area contributed by atoms with Gasteiger partial charge in [0.15, 0.2) is 17.2 Å². The molecule has 1 aliphatic carbocycles. The largest absolute Gasteiger partial charge is 0.481 e. The number of likely N-dealkylation sites (tertiary alicyclic amines) is 1. The standard InChI is InChI=1S/C20H27F2N3O.C6H10O3/c21-17-11-16-19(12-18(17)22)26-24-20(16)14-6-9-25(10-7-14)8-5-13-1-3-15(23)4-2-13;7-6(8)5-1-3-9-4-2-5/h11-15H,1-10,23H2;5H,1-4H2,(H,7,8). The molecule has 0 spiro atoms. The predicted octanol–water partition coefficient (Wildman–Crippen LogP) is 4.69. The van der Waals surface area contributed by atoms with E-state index in [2.05, 4.69) is 10.1 Å². The molecule has 3 fully saturated rings. The number of carboxylic acid groups (broad SMARTS) is 1. The Balaban J connectivity index is 0.000000271. The van der Waals surface area contributed by atoms with Crippen LogP contribution < -0.4 is 5.73 Å². The second kappa shape index (κ2) is 12.2. The van der Waals surface area contributed by atoms with Crippen LogP contribution in [0.15, 0.2) is 16.7 Å². The Morgan fingerprint density at radius 1 is 1.03 bits per heavy atom. The molecule has 2 aromatic rings. The Morgan fingerprint density at radius 2 is 1.69 bits per heavy atom. The number of fused-ring (bicyclic) bond motifs is 1. The van der Waals surface area contributed by atoms with Crippen molar-refractivity contribution in [2.45, 2.75) is 69.7 Å². The molecule has 3 N–H and O–H groups in total. The van der Waals surface area contributed by atoms with Gasteiger partial charge in [0.2, 0.25) is 0 Å². The fraction of sp³-hybridized carbons (Fsp3) is 0.692. The van der Waals surface area contributed by atoms with E-state index in [0.29, 0.717) is 43.1 Å². The van der Waals surface area contributed by atoms with Gasteiger partial charge in [-0.15, -0.1) is 0 Å². The highest BCUT2D eigenvalue weighted by Crippen LogP contribution is 2.34. The first kappa shape index (κ1) is 26.0. The number of halogens is 2. The smallest absolute Gasteiger partial charge is 0.306 e. The molecule has 2 saturated heterocycles. The molecular weight excluding hydrogens is 456 g/mol. The van der Waals surface area contributed by atoms with Crippen molar-refractivity contribution in [3.8, 4) is 0 Å². The quantitative estimate of drug-likeness (QED) is 0.623. The number of nitrogens with zero attached hydrogens (tertiary/aromatic N) is 2. The zero-order valence-corrected chi connectivity index (χ0v) is 20.3. The van der Waals surface area contributed by atoms with E-state index in [1.54, 1.807) is 0 Å². The van der Waals surface area contributed by atoms with E-state index in [1.807, 2.05) is 0 Å². The fourth-order valence-corrected chi connectivity index (χ4v) is 5.46. The summed E-state index contributed by atoms with van der Waals surface area (Å²) in [5.74, 6) is -1.49. The number of rotatable bonds is 5. The number of benzene rings is 1. The van der Waals surface area contributed by atoms with E-state index in [1.165, 1.54) is 38.2 Å². The van der Waals surface area contributed by atoms with Gasteiger partial charge in [-0.3, -0.25) is 4.79 Å². The average molecular weight is 494 g/mol. The first-order valence-corrected chi connectivity index (χ1v) is 12.9. The lowest BCUT2D eigenvalue weighted by atomic mass is 9.84. The lowest BCUT2D eigenvalue weighted by molar-refractivity contribution is -0.144. The van der Waals surface area contributed by atoms with Crippen molar-refractivity contribution in [2.75, 3.05) is 32.8 Å². The van der Waals surface area contributed by atoms with Crippen molar-refractivity contribution in [3.63, 3.8) is 0 Å². The number of piperidine rings is 1. The molecular formula is C26H37F2N3O4. The van der Waals surface area contributed by atoms with Crippen LogP contribution in [0.5, 0.6) is 0 Å². The zero-order chi connectivity index (χ0) is 24.8. The number of nitrogens with two attached hydrogens (primary N) is 1. The van der Waals surface area contributed by atoms with Crippen LogP contribution in [0.1, 0.15) is 69.4 Å². The lowest BCUT2D eigenvalue weighted by Gasteiger charge is -2.33. The topological polar surface area (TPSA) is 102 Å². The molecule has 3 heterocycles. The molecule has 0 atom stereocenters. The molecule has 1 aromatic heterocycles. The van der Waals surface area contributed by atoms with Crippen LogP contribution in [0.2, 0.25) is 0 Å². The van der Waals surface area contributed by atoms with Crippen LogP contribution in [0.4, 0.5) is 8.78 Å². The monoisotopic (exact) mass is 493 g/mol. The van der Waals surface area contributed by atoms with Gasteiger partial charge in [-0.25, -0.2) is 8.78 Å². The van der Waals surface area contributed by atoms with Gasteiger partial charge in [0.1, 0.15) is 0 Å². The summed E-state index contributed by atoms with van der Waals surface area (Å²) in [6.45, 7) is 4.41. The maximum Gasteiger partial charge on any atom is 0.306 e. The van der Waals surface area contributed by atoms with Crippen molar-refractivity contribution >= 4 is 16.9 Å². The number of carboxylic acids is 1. The van der Waals surface area contributed by atoms with Gasteiger partial charge < -0.3 is 25.0 Å². The van der Waals surface area contributed by atoms with E-state index in [9.17, 15) is 13.6 Å². The maximum absolute atomic E-state index is 13.6. The van der Waals surface area contributed by atoms with E-state index in [-0.39, 0.29) is 11.8 Å². The normalized spacial score (nSPS) is 24.8. The van der Waals surface area contributed by atoms with E-state index in [0.717, 1.165) is 50.2 Å². The Bertz CT molecular complexity index is 963. The van der Waals surface area contributed by atoms with Crippen molar-refractivity contribution in [3.05, 3.63) is 29.5 Å². The molecule has 2 aliphatic heterocycles. The highest BCUT2D eigenvalue weighted by Gasteiger charge is 2.27. The fourth-order valence-electron chi connectivity index (χ4n) is 5.46. The third-order valence-electron chi connectivity index (χ3n) is 7.83. The second-order valence-corrected chi connectivity index (χ2v) is 10.2. The van der Waals surface area contributed by atoms with E-state index >= 15 is 0 Å². The van der Waals surface area contributed by atoms with Crippen molar-refractivity contribution < 1.29 is 27.9 Å². The summed E-state index contributed by atoms with van der Waals surface area (Å²) < 4.78 is 37.1. The molecule has 0 bridgehead atoms. The Hall–Kier alpha value is -2.10. The van der Waals surface area contributed by atoms with Gasteiger partial charge in [-0.1, -0.05) is 5.16 Å². The molecule has 1 saturated carbocycles. The van der Waals surface area contributed by atoms with Crippen molar-refractivity contribution in [1.29, 1.82) is 0 Å². The van der Waals surface area contributed by atoms with Gasteiger partial charge in [0, 0.05) is 36.6 Å². The minimum absolute atomic E-state index is 0.154. The highest BCUT2D eigenvalue weighted by atomic mass is 19.2. The Kier molecular flexibility index (Phi) is 9.08. The summed E-state index contributed by atoms with van der Waals surface area (Å²) in [4.78, 5) is 12.8. The molecule has 0 unspecified atom stereocenters. The molecule has 0 amide bonds. The summed E-state index contributed by atoms with van der Waals surface area (Å²) in [5.41, 5.74) is 7.09. The van der Waals surface area contributed by atoms with Crippen LogP contribution in [-0.4, -0.2) is 60.0 Å². The third kappa shape index (κ3) is 6.98. The minimum atomic E-state index is -0.890. The summed E-state index contributed by atoms with van der Waals surface area (Å²) >= 11 is 0. The highest BCUT2D eigenvalue weighted by molar-refractivity contribution is 5.80. The van der Waals surface area contributed by atoms with Crippen molar-refractivity contribution in [2.24, 2.45) is 17.6 Å². The van der Waals surface area contributed by atoms with Gasteiger partial charge in [-0.2, -0.15) is 0 Å². The maximum atomic E-state index is 13.6. The third-order valence-corrected chi connectivity index (χ3v) is 7.83. The molecule has 7 nitrogen and oxygen atoms in total. The van der Waals surface area contributed by atoms with Gasteiger partial charge in [0.05, 0.1) is 11.6 Å². The summed E-state index contributed by atoms with van der Waals surface area (Å²) in [7, 11) is 0. The van der Waals surface area contributed by atoms with Gasteiger partial charge in [-0.05, 0) is 89.4 Å². The summed E-state index contributed by atoms with van der Waals surface area (Å²) in [5, 5.41) is 13.2. The number of hydrogen-bond donors (Lipinski definition) is 2. The van der Waals surface area contributed by atoms with Crippen LogP contribution in [0, 0.1) is 23.5 Å². The van der Waals surface area contributed by atoms with Crippen LogP contribution in [-0.2, 0) is 9.53 Å². The number of carbonyl (C=O) groups is 1. The summed E-state index contributed by atoms with van der Waals surface area (Å²) in [6.07, 6.45) is 9.45. The number of ether oxygens (including phenoxy) is 1. The zero-order valence-electron chi connectivity index (χ0n) is 20.3. The minimum Gasteiger partial charge on any atom is -0.481 e. The molecule has 0 radical (unpaired) electrons. The lowest BCUT2D eigenvalue weighted by Crippen LogP contribution is -2.35. The molecule has 1 aromatic carbocycles. The molecule has 194 valence electrons. The number of hydrogen-bond acceptors (Lipinski definition) is 6. The average Bonchev–Trinajstić information content (AvgIpc) is 3.27. The van der Waals surface area contributed by atoms with E-state index in [4.69, 9.17) is 20.1 Å². The first-order valence-electron chi connectivity index (χ1n) is 12.9. The van der Waals surface area contributed by atoms with Crippen LogP contribution in [0.3, 0.4) is 0 Å². The molecule has 5 rings (SSSR count). The molecule has 9 heteroatoms. The van der Waals surface area contributed by atoms with Gasteiger partial charge >= 0.3 is 5.97 Å². The number of aromatic nitrogens is 1. The SMILES string of the molecule is NC1CCC(CCN2CCC(c3noc4cc(F)c(F)cc34)CC2)CC1.O=C(O)C1CCOCC1. The van der Waals surface area contributed by atoms with E-state index < -0.39 is 17.6 Å². The Labute approximate surface area is 205 Å². The van der Waals surface area contributed by atoms with Crippen LogP contribution >= 0.6 is 0 Å². The predicted molar refractivity (Wildman–Crippen MR) is 128 cm³/mol. The molecule has 3 aliphatic rings. The van der Waals surface area contributed by atoms with Crippen molar-refractivity contribution in [1.82, 2.24) is 10.1 Å². The number of aliphatic carboxylic acids is 1. The van der Waals surface area contributed by atoms with Crippen LogP contribution in [0.25, 0.3) is 11.0 Å². The molecule has 35 heavy (non-hydrogen) atoms. The first-order chi connectivity index (χ1) is 16.9.